The van der Waals surface area contributed by atoms with E-state index in [4.69, 9.17) is 9.73 Å². The zero-order valence-electron chi connectivity index (χ0n) is 14.5. The Balaban J connectivity index is 2.51. The number of nitrogens with zero attached hydrogens (tertiary/aromatic N) is 1. The highest BCUT2D eigenvalue weighted by Crippen LogP contribution is 2.22. The van der Waals surface area contributed by atoms with E-state index < -0.39 is 0 Å². The van der Waals surface area contributed by atoms with Gasteiger partial charge in [0, 0.05) is 33.4 Å². The van der Waals surface area contributed by atoms with Gasteiger partial charge >= 0.3 is 0 Å². The molecule has 1 rings (SSSR count). The van der Waals surface area contributed by atoms with Gasteiger partial charge in [0.2, 0.25) is 0 Å². The van der Waals surface area contributed by atoms with E-state index in [1.54, 1.807) is 7.11 Å². The second-order valence-electron chi connectivity index (χ2n) is 6.29. The van der Waals surface area contributed by atoms with E-state index in [1.165, 1.54) is 5.56 Å². The number of hydrogen-bond acceptors (Lipinski definition) is 2. The molecule has 0 unspecified atom stereocenters. The maximum Gasteiger partial charge on any atom is 0.191 e. The molecule has 0 fully saturated rings. The van der Waals surface area contributed by atoms with Crippen LogP contribution < -0.4 is 10.6 Å². The third kappa shape index (κ3) is 8.03. The van der Waals surface area contributed by atoms with Gasteiger partial charge in [-0.25, -0.2) is 0 Å². The van der Waals surface area contributed by atoms with E-state index in [1.807, 2.05) is 0 Å². The van der Waals surface area contributed by atoms with E-state index >= 15 is 0 Å². The van der Waals surface area contributed by atoms with Gasteiger partial charge in [0.05, 0.1) is 0 Å². The first-order valence-corrected chi connectivity index (χ1v) is 8.12. The lowest BCUT2D eigenvalue weighted by Gasteiger charge is -2.23. The Hall–Kier alpha value is -1.55. The van der Waals surface area contributed by atoms with Gasteiger partial charge in [0.15, 0.2) is 5.96 Å². The molecule has 0 aromatic heterocycles. The van der Waals surface area contributed by atoms with Crippen LogP contribution in [0.2, 0.25) is 0 Å². The molecule has 1 aromatic carbocycles. The molecule has 0 aliphatic rings. The summed E-state index contributed by atoms with van der Waals surface area (Å²) in [6.45, 7) is 9.92. The summed E-state index contributed by atoms with van der Waals surface area (Å²) >= 11 is 0. The Bertz CT molecular complexity index is 429. The van der Waals surface area contributed by atoms with E-state index in [0.717, 1.165) is 45.0 Å². The molecule has 4 nitrogen and oxygen atoms in total. The van der Waals surface area contributed by atoms with Crippen LogP contribution in [0.15, 0.2) is 35.3 Å². The van der Waals surface area contributed by atoms with Crippen molar-refractivity contribution in [3.05, 3.63) is 35.9 Å². The third-order valence-electron chi connectivity index (χ3n) is 3.35. The minimum absolute atomic E-state index is 0.135. The van der Waals surface area contributed by atoms with E-state index in [2.05, 4.69) is 61.7 Å². The van der Waals surface area contributed by atoms with Gasteiger partial charge < -0.3 is 15.4 Å². The largest absolute Gasteiger partial charge is 0.385 e. The number of rotatable bonds is 9. The molecule has 0 radical (unpaired) electrons. The average Bonchev–Trinajstić information content (AvgIpc) is 2.49. The topological polar surface area (TPSA) is 45.7 Å². The molecule has 0 amide bonds. The summed E-state index contributed by atoms with van der Waals surface area (Å²) < 4.78 is 5.06. The fraction of sp³-hybridized carbons (Fsp3) is 0.611. The first-order chi connectivity index (χ1) is 10.6. The van der Waals surface area contributed by atoms with E-state index in [9.17, 15) is 0 Å². The molecule has 0 atom stereocenters. The van der Waals surface area contributed by atoms with Gasteiger partial charge in [-0.2, -0.15) is 0 Å². The van der Waals surface area contributed by atoms with Crippen molar-refractivity contribution in [1.82, 2.24) is 10.6 Å². The zero-order chi connectivity index (χ0) is 16.3. The Morgan fingerprint density at radius 3 is 2.55 bits per heavy atom. The van der Waals surface area contributed by atoms with Gasteiger partial charge in [-0.1, -0.05) is 44.2 Å². The normalized spacial score (nSPS) is 12.3. The highest BCUT2D eigenvalue weighted by Gasteiger charge is 2.18. The predicted octanol–water partition coefficient (Wildman–Crippen LogP) is 2.85. The highest BCUT2D eigenvalue weighted by atomic mass is 16.5. The molecule has 0 saturated heterocycles. The summed E-state index contributed by atoms with van der Waals surface area (Å²) in [5.41, 5.74) is 1.50. The van der Waals surface area contributed by atoms with Crippen molar-refractivity contribution in [2.75, 3.05) is 33.4 Å². The Kier molecular flexibility index (Phi) is 8.60. The minimum Gasteiger partial charge on any atom is -0.385 e. The molecule has 2 N–H and O–H groups in total. The van der Waals surface area contributed by atoms with Crippen LogP contribution in [0.1, 0.15) is 32.8 Å². The number of guanidine groups is 1. The molecule has 0 heterocycles. The molecule has 0 bridgehead atoms. The van der Waals surface area contributed by atoms with Gasteiger partial charge in [0.25, 0.3) is 0 Å². The molecule has 0 aliphatic carbocycles. The third-order valence-corrected chi connectivity index (χ3v) is 3.35. The molecule has 22 heavy (non-hydrogen) atoms. The van der Waals surface area contributed by atoms with Crippen LogP contribution in [0.4, 0.5) is 0 Å². The van der Waals surface area contributed by atoms with Crippen LogP contribution in [0.5, 0.6) is 0 Å². The van der Waals surface area contributed by atoms with Crippen LogP contribution in [0.25, 0.3) is 0 Å². The monoisotopic (exact) mass is 305 g/mol. The molecule has 4 heteroatoms. The van der Waals surface area contributed by atoms with Crippen molar-refractivity contribution in [3.63, 3.8) is 0 Å². The highest BCUT2D eigenvalue weighted by molar-refractivity contribution is 5.79. The lowest BCUT2D eigenvalue weighted by molar-refractivity contribution is 0.195. The van der Waals surface area contributed by atoms with Gasteiger partial charge in [-0.05, 0) is 30.7 Å². The second-order valence-corrected chi connectivity index (χ2v) is 6.29. The Labute approximate surface area is 135 Å². The van der Waals surface area contributed by atoms with Crippen molar-refractivity contribution in [3.8, 4) is 0 Å². The van der Waals surface area contributed by atoms with Crippen LogP contribution in [0, 0.1) is 5.41 Å². The molecular formula is C18H31N3O. The molecular weight excluding hydrogens is 274 g/mol. The van der Waals surface area contributed by atoms with Crippen molar-refractivity contribution in [2.45, 2.75) is 33.6 Å². The first-order valence-electron chi connectivity index (χ1n) is 8.12. The Morgan fingerprint density at radius 2 is 1.91 bits per heavy atom. The van der Waals surface area contributed by atoms with Gasteiger partial charge in [0.1, 0.15) is 0 Å². The van der Waals surface area contributed by atoms with Crippen LogP contribution in [-0.2, 0) is 11.2 Å². The van der Waals surface area contributed by atoms with Gasteiger partial charge in [-0.3, -0.25) is 4.99 Å². The fourth-order valence-corrected chi connectivity index (χ4v) is 2.26. The van der Waals surface area contributed by atoms with Crippen LogP contribution >= 0.6 is 0 Å². The SMILES string of the molecule is CCNC(=NCC(C)(C)Cc1ccccc1)NCCCOC. The standard InChI is InChI=1S/C18H31N3O/c1-5-19-17(20-12-9-13-22-4)21-15-18(2,3)14-16-10-7-6-8-11-16/h6-8,10-11H,5,9,12-15H2,1-4H3,(H2,19,20,21). The van der Waals surface area contributed by atoms with E-state index in [-0.39, 0.29) is 5.41 Å². The molecule has 0 saturated carbocycles. The number of aliphatic imine (C=N–C) groups is 1. The number of hydrogen-bond donors (Lipinski definition) is 2. The van der Waals surface area contributed by atoms with Crippen LogP contribution in [0.3, 0.4) is 0 Å². The first kappa shape index (κ1) is 18.5. The molecule has 1 aromatic rings. The summed E-state index contributed by atoms with van der Waals surface area (Å²) in [4.78, 5) is 4.73. The second kappa shape index (κ2) is 10.2. The van der Waals surface area contributed by atoms with Crippen molar-refractivity contribution >= 4 is 5.96 Å². The van der Waals surface area contributed by atoms with Gasteiger partial charge in [-0.15, -0.1) is 0 Å². The average molecular weight is 305 g/mol. The summed E-state index contributed by atoms with van der Waals surface area (Å²) in [5.74, 6) is 0.889. The summed E-state index contributed by atoms with van der Waals surface area (Å²) in [5, 5.41) is 6.64. The summed E-state index contributed by atoms with van der Waals surface area (Å²) in [6.07, 6.45) is 2.01. The predicted molar refractivity (Wildman–Crippen MR) is 94.4 cm³/mol. The quantitative estimate of drug-likeness (QED) is 0.419. The Morgan fingerprint density at radius 1 is 1.18 bits per heavy atom. The lowest BCUT2D eigenvalue weighted by Crippen LogP contribution is -2.39. The molecule has 0 aliphatic heterocycles. The number of nitrogens with one attached hydrogen (secondary N) is 2. The summed E-state index contributed by atoms with van der Waals surface area (Å²) in [6, 6.07) is 10.6. The molecule has 124 valence electrons. The zero-order valence-corrected chi connectivity index (χ0v) is 14.5. The number of methoxy groups -OCH3 is 1. The number of benzene rings is 1. The maximum atomic E-state index is 5.06. The molecule has 0 spiro atoms. The minimum atomic E-state index is 0.135. The lowest BCUT2D eigenvalue weighted by atomic mass is 9.86. The van der Waals surface area contributed by atoms with Crippen LogP contribution in [-0.4, -0.2) is 39.3 Å². The van der Waals surface area contributed by atoms with Crippen molar-refractivity contribution in [2.24, 2.45) is 10.4 Å². The number of ether oxygens (including phenoxy) is 1. The fourth-order valence-electron chi connectivity index (χ4n) is 2.26. The summed E-state index contributed by atoms with van der Waals surface area (Å²) in [7, 11) is 1.73. The van der Waals surface area contributed by atoms with E-state index in [0.29, 0.717) is 0 Å². The smallest absolute Gasteiger partial charge is 0.191 e. The van der Waals surface area contributed by atoms with Crippen molar-refractivity contribution < 1.29 is 4.74 Å². The van der Waals surface area contributed by atoms with Crippen molar-refractivity contribution in [1.29, 1.82) is 0 Å². The maximum absolute atomic E-state index is 5.06.